The summed E-state index contributed by atoms with van der Waals surface area (Å²) in [5.41, 5.74) is 2.49. The van der Waals surface area contributed by atoms with Crippen molar-refractivity contribution < 1.29 is 13.2 Å². The molecule has 0 atom stereocenters. The van der Waals surface area contributed by atoms with Gasteiger partial charge in [-0.3, -0.25) is 4.31 Å². The van der Waals surface area contributed by atoms with E-state index in [-0.39, 0.29) is 4.90 Å². The number of para-hydroxylation sites is 2. The SMILES string of the molecule is COc1ccc(C)cc1S(=O)(=O)N1CCN(C)c2ccccc21. The van der Waals surface area contributed by atoms with Crippen LogP contribution in [0.2, 0.25) is 0 Å². The fourth-order valence-corrected chi connectivity index (χ4v) is 4.55. The van der Waals surface area contributed by atoms with Crippen molar-refractivity contribution in [2.45, 2.75) is 11.8 Å². The molecule has 6 heteroatoms. The lowest BCUT2D eigenvalue weighted by atomic mass is 10.2. The maximum absolute atomic E-state index is 13.2. The molecule has 3 rings (SSSR count). The van der Waals surface area contributed by atoms with Gasteiger partial charge in [0.1, 0.15) is 10.6 Å². The zero-order valence-corrected chi connectivity index (χ0v) is 14.3. The minimum Gasteiger partial charge on any atom is -0.495 e. The number of hydrogen-bond donors (Lipinski definition) is 0. The van der Waals surface area contributed by atoms with Crippen LogP contribution in [-0.4, -0.2) is 35.7 Å². The molecule has 0 bridgehead atoms. The highest BCUT2D eigenvalue weighted by atomic mass is 32.2. The summed E-state index contributed by atoms with van der Waals surface area (Å²) in [7, 11) is -0.226. The van der Waals surface area contributed by atoms with Crippen molar-refractivity contribution in [2.24, 2.45) is 0 Å². The lowest BCUT2D eigenvalue weighted by molar-refractivity contribution is 0.402. The van der Waals surface area contributed by atoms with E-state index in [1.807, 2.05) is 44.3 Å². The Kier molecular flexibility index (Phi) is 3.93. The molecule has 23 heavy (non-hydrogen) atoms. The molecular formula is C17H20N2O3S. The molecule has 2 aromatic rings. The number of likely N-dealkylation sites (N-methyl/N-ethyl adjacent to an activating group) is 1. The van der Waals surface area contributed by atoms with E-state index in [2.05, 4.69) is 4.90 Å². The Morgan fingerprint density at radius 3 is 2.43 bits per heavy atom. The number of sulfonamides is 1. The van der Waals surface area contributed by atoms with E-state index in [0.29, 0.717) is 24.5 Å². The molecule has 2 aromatic carbocycles. The first-order valence-corrected chi connectivity index (χ1v) is 8.86. The van der Waals surface area contributed by atoms with Crippen molar-refractivity contribution in [3.63, 3.8) is 0 Å². The Morgan fingerprint density at radius 1 is 1.04 bits per heavy atom. The third kappa shape index (κ3) is 2.63. The van der Waals surface area contributed by atoms with Crippen molar-refractivity contribution in [2.75, 3.05) is 36.5 Å². The highest BCUT2D eigenvalue weighted by Crippen LogP contribution is 2.37. The average molecular weight is 332 g/mol. The Balaban J connectivity index is 2.15. The van der Waals surface area contributed by atoms with Crippen molar-refractivity contribution in [3.05, 3.63) is 48.0 Å². The van der Waals surface area contributed by atoms with E-state index in [1.165, 1.54) is 11.4 Å². The molecule has 5 nitrogen and oxygen atoms in total. The summed E-state index contributed by atoms with van der Waals surface area (Å²) >= 11 is 0. The number of anilines is 2. The first-order chi connectivity index (χ1) is 10.9. The van der Waals surface area contributed by atoms with Crippen LogP contribution in [0.25, 0.3) is 0 Å². The Morgan fingerprint density at radius 2 is 1.74 bits per heavy atom. The molecule has 1 aliphatic rings. The molecule has 0 radical (unpaired) electrons. The largest absolute Gasteiger partial charge is 0.495 e. The van der Waals surface area contributed by atoms with Gasteiger partial charge in [0.2, 0.25) is 0 Å². The van der Waals surface area contributed by atoms with Crippen LogP contribution in [0.5, 0.6) is 5.75 Å². The predicted molar refractivity (Wildman–Crippen MR) is 92.0 cm³/mol. The molecular weight excluding hydrogens is 312 g/mol. The molecule has 0 N–H and O–H groups in total. The second-order valence-corrected chi connectivity index (χ2v) is 7.47. The third-order valence-corrected chi connectivity index (χ3v) is 5.92. The van der Waals surface area contributed by atoms with Crippen LogP contribution in [0, 0.1) is 6.92 Å². The monoisotopic (exact) mass is 332 g/mol. The van der Waals surface area contributed by atoms with Crippen LogP contribution in [-0.2, 0) is 10.0 Å². The smallest absolute Gasteiger partial charge is 0.268 e. The first kappa shape index (κ1) is 15.7. The second kappa shape index (κ2) is 5.77. The van der Waals surface area contributed by atoms with Gasteiger partial charge in [-0.2, -0.15) is 0 Å². The van der Waals surface area contributed by atoms with Gasteiger partial charge in [-0.1, -0.05) is 18.2 Å². The third-order valence-electron chi connectivity index (χ3n) is 4.09. The fraction of sp³-hybridized carbons (Fsp3) is 0.294. The summed E-state index contributed by atoms with van der Waals surface area (Å²) in [6.45, 7) is 2.92. The molecule has 1 heterocycles. The van der Waals surface area contributed by atoms with Gasteiger partial charge in [-0.15, -0.1) is 0 Å². The maximum Gasteiger partial charge on any atom is 0.268 e. The molecule has 122 valence electrons. The van der Waals surface area contributed by atoms with Gasteiger partial charge in [0, 0.05) is 13.6 Å². The zero-order valence-electron chi connectivity index (χ0n) is 13.5. The first-order valence-electron chi connectivity index (χ1n) is 7.42. The Hall–Kier alpha value is -2.21. The summed E-state index contributed by atoms with van der Waals surface area (Å²) in [4.78, 5) is 2.27. The molecule has 0 aromatic heterocycles. The van der Waals surface area contributed by atoms with Gasteiger partial charge < -0.3 is 9.64 Å². The van der Waals surface area contributed by atoms with Gasteiger partial charge in [0.15, 0.2) is 0 Å². The molecule has 0 saturated heterocycles. The second-order valence-electron chi connectivity index (χ2n) is 5.64. The number of nitrogens with zero attached hydrogens (tertiary/aromatic N) is 2. The lowest BCUT2D eigenvalue weighted by Gasteiger charge is -2.36. The predicted octanol–water partition coefficient (Wildman–Crippen LogP) is 2.65. The quantitative estimate of drug-likeness (QED) is 0.867. The summed E-state index contributed by atoms with van der Waals surface area (Å²) in [5, 5.41) is 0. The molecule has 0 unspecified atom stereocenters. The number of hydrogen-bond acceptors (Lipinski definition) is 4. The maximum atomic E-state index is 13.2. The number of benzene rings is 2. The van der Waals surface area contributed by atoms with Crippen LogP contribution in [0.4, 0.5) is 11.4 Å². The topological polar surface area (TPSA) is 49.9 Å². The van der Waals surface area contributed by atoms with Gasteiger partial charge >= 0.3 is 0 Å². The van der Waals surface area contributed by atoms with E-state index in [4.69, 9.17) is 4.74 Å². The standard InChI is InChI=1S/C17H20N2O3S/c1-13-8-9-16(22-3)17(12-13)23(20,21)19-11-10-18(2)14-6-4-5-7-15(14)19/h4-9,12H,10-11H2,1-3H3. The highest BCUT2D eigenvalue weighted by Gasteiger charge is 2.32. The Labute approximate surface area is 137 Å². The van der Waals surface area contributed by atoms with Crippen LogP contribution in [0.1, 0.15) is 5.56 Å². The van der Waals surface area contributed by atoms with E-state index in [9.17, 15) is 8.42 Å². The average Bonchev–Trinajstić information content (AvgIpc) is 2.55. The minimum atomic E-state index is -3.68. The summed E-state index contributed by atoms with van der Waals surface area (Å²) in [6.07, 6.45) is 0. The van der Waals surface area contributed by atoms with Crippen molar-refractivity contribution in [1.82, 2.24) is 0 Å². The van der Waals surface area contributed by atoms with Crippen LogP contribution in [0.15, 0.2) is 47.4 Å². The fourth-order valence-electron chi connectivity index (χ4n) is 2.83. The molecule has 0 amide bonds. The number of fused-ring (bicyclic) bond motifs is 1. The molecule has 1 aliphatic heterocycles. The number of ether oxygens (including phenoxy) is 1. The molecule has 0 aliphatic carbocycles. The van der Waals surface area contributed by atoms with Gasteiger partial charge in [0.25, 0.3) is 10.0 Å². The lowest BCUT2D eigenvalue weighted by Crippen LogP contribution is -2.42. The highest BCUT2D eigenvalue weighted by molar-refractivity contribution is 7.93. The zero-order chi connectivity index (χ0) is 16.6. The number of aryl methyl sites for hydroxylation is 1. The van der Waals surface area contributed by atoms with E-state index < -0.39 is 10.0 Å². The van der Waals surface area contributed by atoms with Crippen molar-refractivity contribution >= 4 is 21.4 Å². The van der Waals surface area contributed by atoms with E-state index >= 15 is 0 Å². The number of methoxy groups -OCH3 is 1. The van der Waals surface area contributed by atoms with Crippen LogP contribution >= 0.6 is 0 Å². The summed E-state index contributed by atoms with van der Waals surface area (Å²) in [5.74, 6) is 0.368. The van der Waals surface area contributed by atoms with Crippen molar-refractivity contribution in [1.29, 1.82) is 0 Å². The molecule has 0 spiro atoms. The van der Waals surface area contributed by atoms with Gasteiger partial charge in [0.05, 0.1) is 25.0 Å². The van der Waals surface area contributed by atoms with Crippen LogP contribution < -0.4 is 13.9 Å². The minimum absolute atomic E-state index is 0.208. The number of rotatable bonds is 3. The van der Waals surface area contributed by atoms with Crippen LogP contribution in [0.3, 0.4) is 0 Å². The van der Waals surface area contributed by atoms with Crippen molar-refractivity contribution in [3.8, 4) is 5.75 Å². The molecule has 0 fully saturated rings. The molecule has 0 saturated carbocycles. The Bertz CT molecular complexity index is 833. The van der Waals surface area contributed by atoms with Gasteiger partial charge in [-0.05, 0) is 36.8 Å². The van der Waals surface area contributed by atoms with E-state index in [1.54, 1.807) is 12.1 Å². The van der Waals surface area contributed by atoms with E-state index in [0.717, 1.165) is 11.3 Å². The van der Waals surface area contributed by atoms with Gasteiger partial charge in [-0.25, -0.2) is 8.42 Å². The normalized spacial score (nSPS) is 14.6. The summed E-state index contributed by atoms with van der Waals surface area (Å²) < 4.78 is 33.2. The summed E-state index contributed by atoms with van der Waals surface area (Å²) in [6, 6.07) is 12.7.